The summed E-state index contributed by atoms with van der Waals surface area (Å²) in [6.45, 7) is 7.24. The number of nitriles is 2. The number of pyridine rings is 1. The van der Waals surface area contributed by atoms with Crippen LogP contribution in [0.2, 0.25) is 0 Å². The van der Waals surface area contributed by atoms with Gasteiger partial charge in [-0.3, -0.25) is 4.98 Å². The number of aromatic nitrogens is 2. The SMILES string of the molecule is Cc1cc(C(C)C)c(Sc2cc(C#N)cc(C#N)c2)n1Cc1ccncc1. The molecule has 0 saturated heterocycles. The van der Waals surface area contributed by atoms with E-state index in [2.05, 4.69) is 48.5 Å². The molecule has 27 heavy (non-hydrogen) atoms. The van der Waals surface area contributed by atoms with Gasteiger partial charge in [-0.2, -0.15) is 10.5 Å². The Bertz CT molecular complexity index is 1000. The monoisotopic (exact) mass is 372 g/mol. The lowest BCUT2D eigenvalue weighted by Gasteiger charge is -2.14. The van der Waals surface area contributed by atoms with Crippen LogP contribution in [-0.4, -0.2) is 9.55 Å². The summed E-state index contributed by atoms with van der Waals surface area (Å²) in [6.07, 6.45) is 3.61. The van der Waals surface area contributed by atoms with Crippen molar-refractivity contribution in [1.82, 2.24) is 9.55 Å². The van der Waals surface area contributed by atoms with E-state index in [1.54, 1.807) is 30.2 Å². The Morgan fingerprint density at radius 2 is 1.67 bits per heavy atom. The molecule has 2 heterocycles. The first-order valence-electron chi connectivity index (χ1n) is 8.74. The van der Waals surface area contributed by atoms with E-state index in [0.29, 0.717) is 17.0 Å². The van der Waals surface area contributed by atoms with Crippen LogP contribution in [0.3, 0.4) is 0 Å². The Morgan fingerprint density at radius 3 is 2.22 bits per heavy atom. The molecule has 134 valence electrons. The van der Waals surface area contributed by atoms with Gasteiger partial charge in [-0.05, 0) is 60.4 Å². The zero-order valence-electron chi connectivity index (χ0n) is 15.6. The van der Waals surface area contributed by atoms with Gasteiger partial charge in [0.1, 0.15) is 0 Å². The fraction of sp³-hybridized carbons (Fsp3) is 0.227. The van der Waals surface area contributed by atoms with Gasteiger partial charge in [0.05, 0.1) is 28.3 Å². The average molecular weight is 372 g/mol. The highest BCUT2D eigenvalue weighted by molar-refractivity contribution is 7.99. The van der Waals surface area contributed by atoms with E-state index in [0.717, 1.165) is 16.5 Å². The summed E-state index contributed by atoms with van der Waals surface area (Å²) in [7, 11) is 0. The molecule has 3 aromatic rings. The molecular formula is C22H20N4S. The molecule has 2 aromatic heterocycles. The molecule has 0 saturated carbocycles. The van der Waals surface area contributed by atoms with Crippen molar-refractivity contribution in [3.8, 4) is 12.1 Å². The van der Waals surface area contributed by atoms with E-state index in [9.17, 15) is 10.5 Å². The molecule has 0 aliphatic carbocycles. The fourth-order valence-electron chi connectivity index (χ4n) is 2.97. The zero-order valence-corrected chi connectivity index (χ0v) is 16.4. The van der Waals surface area contributed by atoms with Gasteiger partial charge in [0, 0.05) is 29.5 Å². The van der Waals surface area contributed by atoms with Crippen LogP contribution in [0.4, 0.5) is 0 Å². The van der Waals surface area contributed by atoms with Gasteiger partial charge in [-0.25, -0.2) is 0 Å². The summed E-state index contributed by atoms with van der Waals surface area (Å²) < 4.78 is 2.29. The zero-order chi connectivity index (χ0) is 19.4. The molecule has 3 rings (SSSR count). The normalized spacial score (nSPS) is 10.6. The molecule has 0 fully saturated rings. The largest absolute Gasteiger partial charge is 0.335 e. The molecule has 0 aliphatic heterocycles. The van der Waals surface area contributed by atoms with Crippen LogP contribution in [0.15, 0.2) is 58.7 Å². The van der Waals surface area contributed by atoms with Crippen molar-refractivity contribution in [2.75, 3.05) is 0 Å². The minimum absolute atomic E-state index is 0.375. The molecule has 0 unspecified atom stereocenters. The maximum Gasteiger partial charge on any atom is 0.0992 e. The Kier molecular flexibility index (Phi) is 5.64. The second kappa shape index (κ2) is 8.12. The van der Waals surface area contributed by atoms with Crippen LogP contribution in [-0.2, 0) is 6.54 Å². The van der Waals surface area contributed by atoms with Crippen LogP contribution in [0, 0.1) is 29.6 Å². The van der Waals surface area contributed by atoms with E-state index in [1.807, 2.05) is 24.3 Å². The quantitative estimate of drug-likeness (QED) is 0.613. The molecule has 5 heteroatoms. The highest BCUT2D eigenvalue weighted by atomic mass is 32.2. The van der Waals surface area contributed by atoms with Crippen molar-refractivity contribution in [2.45, 2.75) is 43.2 Å². The van der Waals surface area contributed by atoms with E-state index in [1.165, 1.54) is 16.8 Å². The number of hydrogen-bond acceptors (Lipinski definition) is 4. The van der Waals surface area contributed by atoms with Crippen molar-refractivity contribution in [3.63, 3.8) is 0 Å². The van der Waals surface area contributed by atoms with Gasteiger partial charge >= 0.3 is 0 Å². The van der Waals surface area contributed by atoms with Crippen molar-refractivity contribution in [1.29, 1.82) is 10.5 Å². The Hall–Kier alpha value is -3.02. The van der Waals surface area contributed by atoms with Gasteiger partial charge < -0.3 is 4.57 Å². The molecule has 0 atom stereocenters. The lowest BCUT2D eigenvalue weighted by molar-refractivity contribution is 0.689. The summed E-state index contributed by atoms with van der Waals surface area (Å²) >= 11 is 1.61. The van der Waals surface area contributed by atoms with Crippen LogP contribution >= 0.6 is 11.8 Å². The van der Waals surface area contributed by atoms with E-state index >= 15 is 0 Å². The third-order valence-corrected chi connectivity index (χ3v) is 5.49. The van der Waals surface area contributed by atoms with Gasteiger partial charge in [-0.15, -0.1) is 0 Å². The second-order valence-electron chi connectivity index (χ2n) is 6.71. The predicted octanol–water partition coefficient (Wildman–Crippen LogP) is 5.26. The number of benzene rings is 1. The third-order valence-electron chi connectivity index (χ3n) is 4.37. The van der Waals surface area contributed by atoms with Crippen LogP contribution < -0.4 is 0 Å². The maximum atomic E-state index is 9.26. The first-order chi connectivity index (χ1) is 13.0. The van der Waals surface area contributed by atoms with Crippen LogP contribution in [0.25, 0.3) is 0 Å². The molecule has 0 N–H and O–H groups in total. The molecule has 0 radical (unpaired) electrons. The Labute approximate surface area is 164 Å². The number of rotatable bonds is 5. The minimum atomic E-state index is 0.375. The first-order valence-corrected chi connectivity index (χ1v) is 9.55. The van der Waals surface area contributed by atoms with E-state index in [-0.39, 0.29) is 0 Å². The van der Waals surface area contributed by atoms with Gasteiger partial charge in [-0.1, -0.05) is 25.6 Å². The lowest BCUT2D eigenvalue weighted by atomic mass is 10.1. The summed E-state index contributed by atoms with van der Waals surface area (Å²) in [6, 6.07) is 15.9. The maximum absolute atomic E-state index is 9.26. The minimum Gasteiger partial charge on any atom is -0.335 e. The standard InChI is InChI=1S/C22H20N4S/c1-15(2)21-8-16(3)26(14-17-4-6-25-7-5-17)22(21)27-20-10-18(12-23)9-19(11-20)13-24/h4-11,15H,14H2,1-3H3. The van der Waals surface area contributed by atoms with Gasteiger partial charge in [0.25, 0.3) is 0 Å². The summed E-state index contributed by atoms with van der Waals surface area (Å²) in [5.74, 6) is 0.375. The highest BCUT2D eigenvalue weighted by Gasteiger charge is 2.17. The molecule has 1 aromatic carbocycles. The predicted molar refractivity (Wildman–Crippen MR) is 107 cm³/mol. The smallest absolute Gasteiger partial charge is 0.0992 e. The van der Waals surface area contributed by atoms with Crippen molar-refractivity contribution in [3.05, 3.63) is 76.7 Å². The fourth-order valence-corrected chi connectivity index (χ4v) is 4.30. The summed E-state index contributed by atoms with van der Waals surface area (Å²) in [5, 5.41) is 19.7. The molecule has 4 nitrogen and oxygen atoms in total. The van der Waals surface area contributed by atoms with Crippen LogP contribution in [0.1, 0.15) is 47.7 Å². The second-order valence-corrected chi connectivity index (χ2v) is 7.78. The van der Waals surface area contributed by atoms with Crippen molar-refractivity contribution < 1.29 is 0 Å². The van der Waals surface area contributed by atoms with Gasteiger partial charge in [0.2, 0.25) is 0 Å². The number of aryl methyl sites for hydroxylation is 1. The molecule has 0 aliphatic rings. The third kappa shape index (κ3) is 4.22. The number of hydrogen-bond donors (Lipinski definition) is 0. The first kappa shape index (κ1) is 18.8. The Morgan fingerprint density at radius 1 is 1.04 bits per heavy atom. The van der Waals surface area contributed by atoms with E-state index in [4.69, 9.17) is 0 Å². The van der Waals surface area contributed by atoms with Crippen molar-refractivity contribution in [2.24, 2.45) is 0 Å². The highest BCUT2D eigenvalue weighted by Crippen LogP contribution is 2.37. The molecule has 0 bridgehead atoms. The van der Waals surface area contributed by atoms with E-state index < -0.39 is 0 Å². The van der Waals surface area contributed by atoms with Gasteiger partial charge in [0.15, 0.2) is 0 Å². The molecule has 0 spiro atoms. The number of nitrogens with zero attached hydrogens (tertiary/aromatic N) is 4. The average Bonchev–Trinajstić information content (AvgIpc) is 2.98. The lowest BCUT2D eigenvalue weighted by Crippen LogP contribution is -2.04. The summed E-state index contributed by atoms with van der Waals surface area (Å²) in [5.41, 5.74) is 4.66. The van der Waals surface area contributed by atoms with Crippen molar-refractivity contribution >= 4 is 11.8 Å². The molecular weight excluding hydrogens is 352 g/mol. The Balaban J connectivity index is 2.06. The topological polar surface area (TPSA) is 65.4 Å². The molecule has 0 amide bonds. The van der Waals surface area contributed by atoms with Crippen LogP contribution in [0.5, 0.6) is 0 Å². The summed E-state index contributed by atoms with van der Waals surface area (Å²) in [4.78, 5) is 5.00.